The van der Waals surface area contributed by atoms with E-state index in [2.05, 4.69) is 0 Å². The highest BCUT2D eigenvalue weighted by Gasteiger charge is 2.17. The zero-order chi connectivity index (χ0) is 12.3. The fourth-order valence-electron chi connectivity index (χ4n) is 1.96. The standard InChI is InChI=1S/C14H18O3/c1-10-3-4-13(11(2)15)14(7-10)17-9-12-5-6-16-8-12/h3-4,7,12H,5-6,8-9H2,1-2H3. The lowest BCUT2D eigenvalue weighted by molar-refractivity contribution is 0.101. The Balaban J connectivity index is 2.07. The smallest absolute Gasteiger partial charge is 0.163 e. The molecule has 0 saturated carbocycles. The van der Waals surface area contributed by atoms with Crippen molar-refractivity contribution in [1.29, 1.82) is 0 Å². The first kappa shape index (κ1) is 12.1. The van der Waals surface area contributed by atoms with E-state index in [1.165, 1.54) is 0 Å². The Labute approximate surface area is 102 Å². The van der Waals surface area contributed by atoms with Crippen molar-refractivity contribution in [3.8, 4) is 5.75 Å². The van der Waals surface area contributed by atoms with E-state index in [-0.39, 0.29) is 5.78 Å². The van der Waals surface area contributed by atoms with Gasteiger partial charge in [0.05, 0.1) is 18.8 Å². The molecule has 2 rings (SSSR count). The predicted octanol–water partition coefficient (Wildman–Crippen LogP) is 2.61. The van der Waals surface area contributed by atoms with E-state index in [0.717, 1.165) is 25.2 Å². The average Bonchev–Trinajstić information content (AvgIpc) is 2.78. The van der Waals surface area contributed by atoms with Crippen LogP contribution in [0.5, 0.6) is 5.75 Å². The topological polar surface area (TPSA) is 35.5 Å². The highest BCUT2D eigenvalue weighted by atomic mass is 16.5. The molecule has 0 N–H and O–H groups in total. The maximum Gasteiger partial charge on any atom is 0.163 e. The summed E-state index contributed by atoms with van der Waals surface area (Å²) < 4.78 is 11.1. The molecule has 1 atom stereocenters. The van der Waals surface area contributed by atoms with Gasteiger partial charge in [-0.25, -0.2) is 0 Å². The van der Waals surface area contributed by atoms with Gasteiger partial charge >= 0.3 is 0 Å². The van der Waals surface area contributed by atoms with Gasteiger partial charge in [0.15, 0.2) is 5.78 Å². The molecular formula is C14H18O3. The molecule has 1 unspecified atom stereocenters. The lowest BCUT2D eigenvalue weighted by atomic mass is 10.1. The summed E-state index contributed by atoms with van der Waals surface area (Å²) in [6.45, 7) is 5.78. The van der Waals surface area contributed by atoms with Crippen molar-refractivity contribution in [2.45, 2.75) is 20.3 Å². The molecule has 1 aromatic rings. The number of aryl methyl sites for hydroxylation is 1. The molecule has 1 fully saturated rings. The summed E-state index contributed by atoms with van der Waals surface area (Å²) in [6, 6.07) is 5.69. The van der Waals surface area contributed by atoms with Gasteiger partial charge in [0.25, 0.3) is 0 Å². The molecule has 0 amide bonds. The van der Waals surface area contributed by atoms with Gasteiger partial charge in [-0.2, -0.15) is 0 Å². The highest BCUT2D eigenvalue weighted by molar-refractivity contribution is 5.96. The summed E-state index contributed by atoms with van der Waals surface area (Å²) in [4.78, 5) is 11.5. The summed E-state index contributed by atoms with van der Waals surface area (Å²) in [5, 5.41) is 0. The van der Waals surface area contributed by atoms with Gasteiger partial charge in [0.2, 0.25) is 0 Å². The molecule has 17 heavy (non-hydrogen) atoms. The molecule has 1 aliphatic heterocycles. The van der Waals surface area contributed by atoms with Gasteiger partial charge in [-0.05, 0) is 38.0 Å². The van der Waals surface area contributed by atoms with Crippen LogP contribution in [0.1, 0.15) is 29.3 Å². The minimum absolute atomic E-state index is 0.0441. The Morgan fingerprint density at radius 1 is 1.53 bits per heavy atom. The minimum atomic E-state index is 0.0441. The summed E-state index contributed by atoms with van der Waals surface area (Å²) in [6.07, 6.45) is 1.04. The third-order valence-electron chi connectivity index (χ3n) is 3.01. The number of benzene rings is 1. The van der Waals surface area contributed by atoms with Gasteiger partial charge in [-0.1, -0.05) is 6.07 Å². The monoisotopic (exact) mass is 234 g/mol. The Morgan fingerprint density at radius 3 is 3.00 bits per heavy atom. The normalized spacial score (nSPS) is 19.3. The van der Waals surface area contributed by atoms with Crippen LogP contribution < -0.4 is 4.74 Å². The van der Waals surface area contributed by atoms with Crippen molar-refractivity contribution >= 4 is 5.78 Å². The van der Waals surface area contributed by atoms with Crippen LogP contribution >= 0.6 is 0 Å². The minimum Gasteiger partial charge on any atom is -0.492 e. The number of carbonyl (C=O) groups is 1. The summed E-state index contributed by atoms with van der Waals surface area (Å²) >= 11 is 0. The zero-order valence-electron chi connectivity index (χ0n) is 10.4. The second kappa shape index (κ2) is 5.32. The van der Waals surface area contributed by atoms with Crippen LogP contribution in [0.3, 0.4) is 0 Å². The van der Waals surface area contributed by atoms with Gasteiger partial charge in [-0.15, -0.1) is 0 Å². The van der Waals surface area contributed by atoms with E-state index in [1.807, 2.05) is 25.1 Å². The molecule has 1 saturated heterocycles. The number of hydrogen-bond acceptors (Lipinski definition) is 3. The Morgan fingerprint density at radius 2 is 2.35 bits per heavy atom. The van der Waals surface area contributed by atoms with Gasteiger partial charge in [0, 0.05) is 12.5 Å². The van der Waals surface area contributed by atoms with E-state index in [4.69, 9.17) is 9.47 Å². The van der Waals surface area contributed by atoms with Crippen LogP contribution in [-0.4, -0.2) is 25.6 Å². The number of hydrogen-bond donors (Lipinski definition) is 0. The van der Waals surface area contributed by atoms with Gasteiger partial charge in [-0.3, -0.25) is 4.79 Å². The van der Waals surface area contributed by atoms with Crippen molar-refractivity contribution in [1.82, 2.24) is 0 Å². The molecule has 0 radical (unpaired) electrons. The van der Waals surface area contributed by atoms with Crippen LogP contribution in [0.2, 0.25) is 0 Å². The Kier molecular flexibility index (Phi) is 3.79. The Hall–Kier alpha value is -1.35. The Bertz CT molecular complexity index is 406. The summed E-state index contributed by atoms with van der Waals surface area (Å²) in [5.74, 6) is 1.20. The molecule has 1 aliphatic rings. The fourth-order valence-corrected chi connectivity index (χ4v) is 1.96. The third-order valence-corrected chi connectivity index (χ3v) is 3.01. The quantitative estimate of drug-likeness (QED) is 0.751. The fraction of sp³-hybridized carbons (Fsp3) is 0.500. The molecule has 92 valence electrons. The van der Waals surface area contributed by atoms with Crippen molar-refractivity contribution < 1.29 is 14.3 Å². The molecule has 0 bridgehead atoms. The molecule has 0 aromatic heterocycles. The highest BCUT2D eigenvalue weighted by Crippen LogP contribution is 2.22. The average molecular weight is 234 g/mol. The molecule has 0 spiro atoms. The third kappa shape index (κ3) is 3.07. The van der Waals surface area contributed by atoms with Crippen LogP contribution in [0.15, 0.2) is 18.2 Å². The van der Waals surface area contributed by atoms with Crippen LogP contribution in [-0.2, 0) is 4.74 Å². The van der Waals surface area contributed by atoms with Crippen molar-refractivity contribution in [3.63, 3.8) is 0 Å². The van der Waals surface area contributed by atoms with Crippen molar-refractivity contribution in [3.05, 3.63) is 29.3 Å². The molecule has 0 aliphatic carbocycles. The summed E-state index contributed by atoms with van der Waals surface area (Å²) in [5.41, 5.74) is 1.77. The van der Waals surface area contributed by atoms with Crippen LogP contribution in [0, 0.1) is 12.8 Å². The van der Waals surface area contributed by atoms with Crippen molar-refractivity contribution in [2.24, 2.45) is 5.92 Å². The second-order valence-electron chi connectivity index (χ2n) is 4.60. The van der Waals surface area contributed by atoms with Gasteiger partial charge in [0.1, 0.15) is 5.75 Å². The number of rotatable bonds is 4. The van der Waals surface area contributed by atoms with Crippen molar-refractivity contribution in [2.75, 3.05) is 19.8 Å². The molecule has 1 heterocycles. The summed E-state index contributed by atoms with van der Waals surface area (Å²) in [7, 11) is 0. The number of Topliss-reactive ketones (excluding diaryl/α,β-unsaturated/α-hetero) is 1. The van der Waals surface area contributed by atoms with Crippen LogP contribution in [0.4, 0.5) is 0 Å². The molecule has 3 heteroatoms. The SMILES string of the molecule is CC(=O)c1ccc(C)cc1OCC1CCOC1. The number of ketones is 1. The zero-order valence-corrected chi connectivity index (χ0v) is 10.4. The second-order valence-corrected chi connectivity index (χ2v) is 4.60. The number of ether oxygens (including phenoxy) is 2. The number of carbonyl (C=O) groups excluding carboxylic acids is 1. The molecule has 3 nitrogen and oxygen atoms in total. The van der Waals surface area contributed by atoms with E-state index in [1.54, 1.807) is 6.92 Å². The van der Waals surface area contributed by atoms with E-state index >= 15 is 0 Å². The lowest BCUT2D eigenvalue weighted by Gasteiger charge is -2.13. The maximum atomic E-state index is 11.5. The first-order valence-corrected chi connectivity index (χ1v) is 5.99. The maximum absolute atomic E-state index is 11.5. The van der Waals surface area contributed by atoms with E-state index in [9.17, 15) is 4.79 Å². The van der Waals surface area contributed by atoms with Crippen LogP contribution in [0.25, 0.3) is 0 Å². The molecular weight excluding hydrogens is 216 g/mol. The van der Waals surface area contributed by atoms with E-state index in [0.29, 0.717) is 23.8 Å². The molecule has 1 aromatic carbocycles. The first-order chi connectivity index (χ1) is 8.16. The predicted molar refractivity (Wildman–Crippen MR) is 65.6 cm³/mol. The first-order valence-electron chi connectivity index (χ1n) is 5.99. The lowest BCUT2D eigenvalue weighted by Crippen LogP contribution is -2.13. The van der Waals surface area contributed by atoms with E-state index < -0.39 is 0 Å². The largest absolute Gasteiger partial charge is 0.492 e. The van der Waals surface area contributed by atoms with Gasteiger partial charge < -0.3 is 9.47 Å².